The lowest BCUT2D eigenvalue weighted by Crippen LogP contribution is -2.01. The van der Waals surface area contributed by atoms with Crippen molar-refractivity contribution in [3.8, 4) is 34.2 Å². The summed E-state index contributed by atoms with van der Waals surface area (Å²) in [6.45, 7) is 0. The maximum atomic E-state index is 6.23. The number of hydrogen-bond acceptors (Lipinski definition) is 4. The van der Waals surface area contributed by atoms with Crippen molar-refractivity contribution in [2.45, 2.75) is 0 Å². The van der Waals surface area contributed by atoms with Crippen molar-refractivity contribution in [3.05, 3.63) is 140 Å². The number of furan rings is 1. The van der Waals surface area contributed by atoms with Gasteiger partial charge in [0.15, 0.2) is 17.5 Å². The maximum absolute atomic E-state index is 6.23. The highest BCUT2D eigenvalue weighted by Gasteiger charge is 2.18. The third-order valence-corrected chi connectivity index (χ3v) is 8.29. The number of para-hydroxylation sites is 1. The lowest BCUT2D eigenvalue weighted by atomic mass is 9.92. The smallest absolute Gasteiger partial charge is 0.164 e. The summed E-state index contributed by atoms with van der Waals surface area (Å²) >= 11 is 0. The highest BCUT2D eigenvalue weighted by atomic mass is 16.3. The van der Waals surface area contributed by atoms with Crippen LogP contribution in [0, 0.1) is 0 Å². The third-order valence-electron chi connectivity index (χ3n) is 8.29. The van der Waals surface area contributed by atoms with Crippen molar-refractivity contribution in [2.24, 2.45) is 0 Å². The zero-order chi connectivity index (χ0) is 28.3. The van der Waals surface area contributed by atoms with Gasteiger partial charge in [-0.15, -0.1) is 0 Å². The summed E-state index contributed by atoms with van der Waals surface area (Å²) in [7, 11) is 0. The predicted octanol–water partition coefficient (Wildman–Crippen LogP) is 10.2. The van der Waals surface area contributed by atoms with Crippen LogP contribution in [-0.4, -0.2) is 15.0 Å². The standard InChI is InChI=1S/C39H23N3O/c1-2-11-25(12-3-1)37-40-38(27-19-20-31-30-16-8-9-17-34(30)43-35(31)23-27)42-39(41-37)33-22-26-13-5-6-14-28(26)32-21-18-24-10-4-7-15-29(24)36(32)33/h1-23H. The van der Waals surface area contributed by atoms with Crippen molar-refractivity contribution >= 4 is 54.3 Å². The summed E-state index contributed by atoms with van der Waals surface area (Å²) in [6, 6.07) is 48.1. The van der Waals surface area contributed by atoms with Crippen LogP contribution in [0.5, 0.6) is 0 Å². The minimum Gasteiger partial charge on any atom is -0.456 e. The van der Waals surface area contributed by atoms with E-state index in [4.69, 9.17) is 19.4 Å². The fourth-order valence-corrected chi connectivity index (χ4v) is 6.27. The molecular formula is C39H23N3O. The first-order valence-corrected chi connectivity index (χ1v) is 14.4. The van der Waals surface area contributed by atoms with Gasteiger partial charge in [0.1, 0.15) is 11.2 Å². The molecule has 0 spiro atoms. The second-order valence-corrected chi connectivity index (χ2v) is 10.8. The molecule has 0 amide bonds. The molecule has 0 fully saturated rings. The summed E-state index contributed by atoms with van der Waals surface area (Å²) < 4.78 is 6.23. The molecule has 9 aromatic rings. The quantitative estimate of drug-likeness (QED) is 0.206. The number of benzene rings is 7. The van der Waals surface area contributed by atoms with Gasteiger partial charge in [0.05, 0.1) is 0 Å². The van der Waals surface area contributed by atoms with Crippen LogP contribution in [0.25, 0.3) is 88.4 Å². The summed E-state index contributed by atoms with van der Waals surface area (Å²) in [5.41, 5.74) is 4.47. The van der Waals surface area contributed by atoms with Crippen molar-refractivity contribution in [1.82, 2.24) is 15.0 Å². The van der Waals surface area contributed by atoms with E-state index in [9.17, 15) is 0 Å². The molecule has 9 rings (SSSR count). The van der Waals surface area contributed by atoms with Crippen LogP contribution in [0.2, 0.25) is 0 Å². The largest absolute Gasteiger partial charge is 0.456 e. The molecule has 2 aromatic heterocycles. The first-order chi connectivity index (χ1) is 21.3. The summed E-state index contributed by atoms with van der Waals surface area (Å²) in [6.07, 6.45) is 0. The van der Waals surface area contributed by atoms with Gasteiger partial charge in [-0.3, -0.25) is 0 Å². The number of fused-ring (bicyclic) bond motifs is 8. The average Bonchev–Trinajstić information content (AvgIpc) is 3.46. The molecule has 0 aliphatic carbocycles. The van der Waals surface area contributed by atoms with Gasteiger partial charge in [-0.25, -0.2) is 15.0 Å². The first kappa shape index (κ1) is 23.8. The highest BCUT2D eigenvalue weighted by molar-refractivity contribution is 6.22. The minimum absolute atomic E-state index is 0.604. The summed E-state index contributed by atoms with van der Waals surface area (Å²) in [5, 5.41) is 9.20. The van der Waals surface area contributed by atoms with Crippen molar-refractivity contribution in [1.29, 1.82) is 0 Å². The van der Waals surface area contributed by atoms with Gasteiger partial charge in [0.25, 0.3) is 0 Å². The second-order valence-electron chi connectivity index (χ2n) is 10.8. The number of nitrogens with zero attached hydrogens (tertiary/aromatic N) is 3. The average molecular weight is 550 g/mol. The third kappa shape index (κ3) is 3.81. The van der Waals surface area contributed by atoms with Crippen LogP contribution in [-0.2, 0) is 0 Å². The van der Waals surface area contributed by atoms with E-state index in [1.54, 1.807) is 0 Å². The fraction of sp³-hybridized carbons (Fsp3) is 0. The molecule has 0 radical (unpaired) electrons. The van der Waals surface area contributed by atoms with Crippen molar-refractivity contribution in [3.63, 3.8) is 0 Å². The zero-order valence-corrected chi connectivity index (χ0v) is 23.0. The van der Waals surface area contributed by atoms with E-state index in [0.717, 1.165) is 49.4 Å². The van der Waals surface area contributed by atoms with Gasteiger partial charge >= 0.3 is 0 Å². The van der Waals surface area contributed by atoms with Gasteiger partial charge in [0, 0.05) is 32.8 Å². The molecular weight excluding hydrogens is 526 g/mol. The number of aromatic nitrogens is 3. The molecule has 0 N–H and O–H groups in total. The molecule has 0 saturated carbocycles. The topological polar surface area (TPSA) is 51.8 Å². The van der Waals surface area contributed by atoms with E-state index in [2.05, 4.69) is 84.9 Å². The lowest BCUT2D eigenvalue weighted by Gasteiger charge is -2.14. The van der Waals surface area contributed by atoms with Crippen LogP contribution in [0.15, 0.2) is 144 Å². The zero-order valence-electron chi connectivity index (χ0n) is 23.0. The van der Waals surface area contributed by atoms with Crippen LogP contribution < -0.4 is 0 Å². The Bertz CT molecular complexity index is 2510. The number of rotatable bonds is 3. The monoisotopic (exact) mass is 549 g/mol. The first-order valence-electron chi connectivity index (χ1n) is 14.4. The summed E-state index contributed by atoms with van der Waals surface area (Å²) in [4.78, 5) is 15.3. The van der Waals surface area contributed by atoms with Gasteiger partial charge in [-0.05, 0) is 51.2 Å². The van der Waals surface area contributed by atoms with Crippen LogP contribution in [0.3, 0.4) is 0 Å². The van der Waals surface area contributed by atoms with Crippen LogP contribution in [0.1, 0.15) is 0 Å². The lowest BCUT2D eigenvalue weighted by molar-refractivity contribution is 0.669. The molecule has 200 valence electrons. The van der Waals surface area contributed by atoms with Gasteiger partial charge < -0.3 is 4.42 Å². The van der Waals surface area contributed by atoms with E-state index < -0.39 is 0 Å². The molecule has 7 aromatic carbocycles. The molecule has 43 heavy (non-hydrogen) atoms. The Morgan fingerprint density at radius 1 is 0.372 bits per heavy atom. The van der Waals surface area contributed by atoms with Crippen LogP contribution >= 0.6 is 0 Å². The van der Waals surface area contributed by atoms with Gasteiger partial charge in [0.2, 0.25) is 0 Å². The number of hydrogen-bond donors (Lipinski definition) is 0. The Morgan fingerprint density at radius 3 is 1.86 bits per heavy atom. The van der Waals surface area contributed by atoms with E-state index in [1.807, 2.05) is 54.6 Å². The fourth-order valence-electron chi connectivity index (χ4n) is 6.27. The summed E-state index contributed by atoms with van der Waals surface area (Å²) in [5.74, 6) is 1.88. The predicted molar refractivity (Wildman–Crippen MR) is 176 cm³/mol. The van der Waals surface area contributed by atoms with E-state index in [1.165, 1.54) is 21.5 Å². The van der Waals surface area contributed by atoms with E-state index >= 15 is 0 Å². The second kappa shape index (κ2) is 9.33. The van der Waals surface area contributed by atoms with Crippen LogP contribution in [0.4, 0.5) is 0 Å². The Hall–Kier alpha value is -5.87. The SMILES string of the molecule is c1ccc(-c2nc(-c3ccc4c(c3)oc3ccccc34)nc(-c3cc4ccccc4c4ccc5ccccc5c34)n2)cc1. The normalized spacial score (nSPS) is 11.7. The molecule has 0 saturated heterocycles. The Morgan fingerprint density at radius 2 is 1.00 bits per heavy atom. The maximum Gasteiger partial charge on any atom is 0.164 e. The molecule has 0 aliphatic heterocycles. The van der Waals surface area contributed by atoms with Gasteiger partial charge in [-0.1, -0.05) is 115 Å². The van der Waals surface area contributed by atoms with E-state index in [-0.39, 0.29) is 0 Å². The van der Waals surface area contributed by atoms with Crippen molar-refractivity contribution < 1.29 is 4.42 Å². The molecule has 4 heteroatoms. The highest BCUT2D eigenvalue weighted by Crippen LogP contribution is 2.39. The Kier molecular flexibility index (Phi) is 5.16. The Balaban J connectivity index is 1.36. The van der Waals surface area contributed by atoms with Gasteiger partial charge in [-0.2, -0.15) is 0 Å². The van der Waals surface area contributed by atoms with E-state index in [0.29, 0.717) is 17.5 Å². The molecule has 0 atom stereocenters. The molecule has 2 heterocycles. The molecule has 4 nitrogen and oxygen atoms in total. The van der Waals surface area contributed by atoms with Crippen molar-refractivity contribution in [2.75, 3.05) is 0 Å². The minimum atomic E-state index is 0.604. The Labute approximate surface area is 246 Å². The molecule has 0 bridgehead atoms. The molecule has 0 unspecified atom stereocenters. The molecule has 0 aliphatic rings.